The zero-order chi connectivity index (χ0) is 45.3. The van der Waals surface area contributed by atoms with Crippen LogP contribution < -0.4 is 16.5 Å². The van der Waals surface area contributed by atoms with Crippen molar-refractivity contribution in [1.29, 1.82) is 0 Å². The van der Waals surface area contributed by atoms with Crippen molar-refractivity contribution in [3.05, 3.63) is 61.9 Å². The van der Waals surface area contributed by atoms with E-state index in [0.29, 0.717) is 55.9 Å². The highest BCUT2D eigenvalue weighted by molar-refractivity contribution is 7.93. The molecule has 2 aliphatic heterocycles. The number of hydrazine groups is 2. The smallest absolute Gasteiger partial charge is 0.324 e. The van der Waals surface area contributed by atoms with Crippen molar-refractivity contribution in [2.45, 2.75) is 117 Å². The van der Waals surface area contributed by atoms with Crippen LogP contribution in [0.25, 0.3) is 28.2 Å². The van der Waals surface area contributed by atoms with Crippen molar-refractivity contribution < 1.29 is 37.1 Å². The van der Waals surface area contributed by atoms with Crippen LogP contribution in [0.15, 0.2) is 40.8 Å². The van der Waals surface area contributed by atoms with Crippen LogP contribution in [-0.2, 0) is 53.1 Å². The lowest BCUT2D eigenvalue weighted by molar-refractivity contribution is -0.744. The molecule has 338 valence electrons. The molecular weight excluding hydrogens is 833 g/mol. The van der Waals surface area contributed by atoms with Crippen molar-refractivity contribution in [2.75, 3.05) is 33.6 Å². The van der Waals surface area contributed by atoms with Crippen LogP contribution in [-0.4, -0.2) is 114 Å². The summed E-state index contributed by atoms with van der Waals surface area (Å²) < 4.78 is 37.0. The van der Waals surface area contributed by atoms with Crippen molar-refractivity contribution >= 4 is 55.9 Å². The van der Waals surface area contributed by atoms with E-state index in [9.17, 15) is 27.7 Å². The molecule has 4 N–H and O–H groups in total. The number of nitrogens with two attached hydrogens (primary N) is 1. The Morgan fingerprint density at radius 1 is 1.24 bits per heavy atom. The van der Waals surface area contributed by atoms with E-state index in [4.69, 9.17) is 20.2 Å². The molecule has 0 radical (unpaired) electrons. The molecule has 62 heavy (non-hydrogen) atoms. The van der Waals surface area contributed by atoms with Gasteiger partial charge in [0, 0.05) is 89.8 Å². The van der Waals surface area contributed by atoms with Crippen LogP contribution >= 0.6 is 11.3 Å². The Balaban J connectivity index is 1.35. The summed E-state index contributed by atoms with van der Waals surface area (Å²) in [5.74, 6) is -1.80. The fourth-order valence-electron chi connectivity index (χ4n) is 8.58. The van der Waals surface area contributed by atoms with Gasteiger partial charge in [-0.1, -0.05) is 39.8 Å². The molecular formula is C44H63N8O8S2+. The van der Waals surface area contributed by atoms with E-state index in [-0.39, 0.29) is 31.0 Å². The summed E-state index contributed by atoms with van der Waals surface area (Å²) in [6.45, 7) is 12.9. The van der Waals surface area contributed by atoms with Gasteiger partial charge in [0.2, 0.25) is 11.9 Å². The molecule has 4 atom stereocenters. The van der Waals surface area contributed by atoms with Gasteiger partial charge in [-0.25, -0.2) is 18.8 Å². The number of thiazole rings is 1. The molecule has 6 rings (SSSR count). The predicted octanol–water partition coefficient (Wildman–Crippen LogP) is 4.75. The number of nitrogens with zero attached hydrogens (tertiary/aromatic N) is 5. The zero-order valence-electron chi connectivity index (χ0n) is 37.3. The summed E-state index contributed by atoms with van der Waals surface area (Å²) in [7, 11) is -0.0993. The standard InChI is InChI=1S/C44H62N8O8S2/c1-10-50-37-14-13-29-20-31(37)32(38(50)21-33(45)27(4)59-8)23-44(5,6)25-60-43(55)34-12-11-16-51(48-34)42(54)35(22-39-46-36(29)24-61-39)47-41(53)40(26(2)3)49(7)52(56)30-18-28(19-30)15-17-62(9,57)58/h13-15,17,20-21,24,26-28,30,34-35,40,48H,10-12,16,18-19,22-23,25,45H2,1-9H3/p+1/b17-15+,33-21+/t27-,28?,30?,34-,35?,40-/m0/s1. The summed E-state index contributed by atoms with van der Waals surface area (Å²) in [6, 6.07) is 2.99. The molecule has 1 saturated heterocycles. The number of carbonyl (C=O) groups excluding carboxylic acids is 3. The third kappa shape index (κ3) is 10.6. The molecule has 18 heteroatoms. The number of amides is 2. The monoisotopic (exact) mass is 895 g/mol. The Kier molecular flexibility index (Phi) is 14.3. The lowest BCUT2D eigenvalue weighted by atomic mass is 9.81. The summed E-state index contributed by atoms with van der Waals surface area (Å²) in [5, 5.41) is 10.5. The SMILES string of the molecule is CCn1c(/C=C(/N)[C@H](C)OC)c2c3cc(ccc31)-c1csc(n1)CC(NC(=O)[C@H](C(C)C)N(C)[N+](=O)C1CC(/C=C/S(C)(=O)=O)C1)C(=O)N1CCC[C@H](N1)C(=O)OCC(C)(C)C2. The number of benzene rings is 1. The first kappa shape index (κ1) is 46.8. The van der Waals surface area contributed by atoms with Gasteiger partial charge in [-0.2, -0.15) is 0 Å². The lowest BCUT2D eigenvalue weighted by Gasteiger charge is -2.36. The minimum atomic E-state index is -3.28. The molecule has 2 aromatic heterocycles. The second-order valence-corrected chi connectivity index (χ2v) is 21.0. The van der Waals surface area contributed by atoms with E-state index < -0.39 is 57.2 Å². The van der Waals surface area contributed by atoms with E-state index in [1.165, 1.54) is 21.4 Å². The summed E-state index contributed by atoms with van der Waals surface area (Å²) in [5.41, 5.74) is 14.4. The normalized spacial score (nSPS) is 23.5. The van der Waals surface area contributed by atoms with Crippen molar-refractivity contribution in [3.8, 4) is 11.3 Å². The molecule has 1 aliphatic carbocycles. The molecule has 3 aromatic rings. The van der Waals surface area contributed by atoms with Crippen molar-refractivity contribution in [2.24, 2.45) is 23.0 Å². The first-order valence-corrected chi connectivity index (χ1v) is 24.2. The number of carbonyl (C=O) groups is 3. The van der Waals surface area contributed by atoms with Crippen LogP contribution in [0.3, 0.4) is 0 Å². The minimum absolute atomic E-state index is 0.0612. The number of likely N-dealkylation sites (N-methyl/N-ethyl adjacent to an activating group) is 1. The average Bonchev–Trinajstić information content (AvgIpc) is 3.78. The van der Waals surface area contributed by atoms with Gasteiger partial charge >= 0.3 is 5.97 Å². The number of esters is 1. The second-order valence-electron chi connectivity index (χ2n) is 18.1. The average molecular weight is 896 g/mol. The highest BCUT2D eigenvalue weighted by atomic mass is 32.2. The Morgan fingerprint density at radius 2 is 1.97 bits per heavy atom. The number of methoxy groups -OCH3 is 1. The molecule has 16 nitrogen and oxygen atoms in total. The number of aromatic nitrogens is 2. The number of ether oxygens (including phenoxy) is 2. The molecule has 6 bridgehead atoms. The molecule has 1 saturated carbocycles. The summed E-state index contributed by atoms with van der Waals surface area (Å²) in [6.07, 6.45) is 6.92. The van der Waals surface area contributed by atoms with Crippen molar-refractivity contribution in [3.63, 3.8) is 0 Å². The fourth-order valence-corrected chi connectivity index (χ4v) is 9.94. The Hall–Kier alpha value is -4.65. The molecule has 1 aromatic carbocycles. The third-order valence-corrected chi connectivity index (χ3v) is 13.7. The topological polar surface area (TPSA) is 198 Å². The highest BCUT2D eigenvalue weighted by Crippen LogP contribution is 2.37. The van der Waals surface area contributed by atoms with E-state index in [2.05, 4.69) is 48.2 Å². The molecule has 2 fully saturated rings. The second kappa shape index (κ2) is 19.0. The predicted molar refractivity (Wildman–Crippen MR) is 240 cm³/mol. The summed E-state index contributed by atoms with van der Waals surface area (Å²) in [4.78, 5) is 62.0. The maximum Gasteiger partial charge on any atom is 0.324 e. The number of aryl methyl sites for hydroxylation is 1. The first-order valence-electron chi connectivity index (χ1n) is 21.4. The number of fused-ring (bicyclic) bond motifs is 6. The number of hydrogen-bond acceptors (Lipinski definition) is 12. The Bertz CT molecular complexity index is 2350. The number of cyclic esters (lactones) is 1. The Morgan fingerprint density at radius 3 is 2.63 bits per heavy atom. The highest BCUT2D eigenvalue weighted by Gasteiger charge is 2.46. The summed E-state index contributed by atoms with van der Waals surface area (Å²) >= 11 is 1.39. The van der Waals surface area contributed by atoms with Gasteiger partial charge in [0.15, 0.2) is 15.9 Å². The Labute approximate surface area is 368 Å². The van der Waals surface area contributed by atoms with E-state index in [0.717, 1.165) is 50.0 Å². The maximum absolute atomic E-state index is 14.5. The number of hydrogen-bond donors (Lipinski definition) is 3. The molecule has 3 aliphatic rings. The largest absolute Gasteiger partial charge is 0.464 e. The van der Waals surface area contributed by atoms with E-state index in [1.54, 1.807) is 20.2 Å². The number of nitroso groups, excluding NO2 is 1. The van der Waals surface area contributed by atoms with Gasteiger partial charge in [0.25, 0.3) is 5.91 Å². The molecule has 1 unspecified atom stereocenters. The zero-order valence-corrected chi connectivity index (χ0v) is 39.0. The van der Waals surface area contributed by atoms with Crippen LogP contribution in [0, 0.1) is 22.2 Å². The fraction of sp³-hybridized carbons (Fsp3) is 0.591. The number of nitrogens with one attached hydrogen (secondary N) is 2. The maximum atomic E-state index is 14.5. The number of allylic oxidation sites excluding steroid dienone is 1. The molecule has 4 heterocycles. The van der Waals surface area contributed by atoms with Gasteiger partial charge in [-0.05, 0) is 68.7 Å². The number of sulfone groups is 1. The van der Waals surface area contributed by atoms with E-state index >= 15 is 0 Å². The van der Waals surface area contributed by atoms with Gasteiger partial charge in [-0.15, -0.1) is 16.3 Å². The lowest BCUT2D eigenvalue weighted by Crippen LogP contribution is -2.62. The van der Waals surface area contributed by atoms with Gasteiger partial charge in [0.05, 0.1) is 35.4 Å². The number of rotatable bonds is 12. The van der Waals surface area contributed by atoms with Gasteiger partial charge in [0.1, 0.15) is 17.0 Å². The van der Waals surface area contributed by atoms with Crippen LogP contribution in [0.2, 0.25) is 0 Å². The van der Waals surface area contributed by atoms with E-state index in [1.807, 2.05) is 38.3 Å². The first-order chi connectivity index (χ1) is 29.2. The van der Waals surface area contributed by atoms with Crippen LogP contribution in [0.5, 0.6) is 0 Å². The van der Waals surface area contributed by atoms with Crippen LogP contribution in [0.1, 0.15) is 83.5 Å². The van der Waals surface area contributed by atoms with Gasteiger partial charge < -0.3 is 25.1 Å². The minimum Gasteiger partial charge on any atom is -0.464 e. The van der Waals surface area contributed by atoms with Gasteiger partial charge in [-0.3, -0.25) is 19.4 Å². The third-order valence-electron chi connectivity index (χ3n) is 12.2. The molecule has 2 amide bonds. The van der Waals surface area contributed by atoms with Crippen LogP contribution in [0.4, 0.5) is 0 Å². The molecule has 0 spiro atoms. The quantitative estimate of drug-likeness (QED) is 0.128. The van der Waals surface area contributed by atoms with Crippen molar-refractivity contribution in [1.82, 2.24) is 30.3 Å².